The molecule has 0 radical (unpaired) electrons. The van der Waals surface area contributed by atoms with Gasteiger partial charge in [-0.2, -0.15) is 0 Å². The van der Waals surface area contributed by atoms with Crippen LogP contribution in [0.1, 0.15) is 41.8 Å². The molecule has 1 atom stereocenters. The zero-order valence-corrected chi connectivity index (χ0v) is 16.5. The number of fused-ring (bicyclic) bond motifs is 1. The normalized spacial score (nSPS) is 16.5. The minimum absolute atomic E-state index is 0.0735. The molecule has 136 valence electrons. The maximum Gasteiger partial charge on any atom is 0.232 e. The lowest BCUT2D eigenvalue weighted by Gasteiger charge is -2.18. The maximum atomic E-state index is 12.4. The van der Waals surface area contributed by atoms with Crippen LogP contribution in [0, 0.1) is 12.8 Å². The summed E-state index contributed by atoms with van der Waals surface area (Å²) in [5.41, 5.74) is 1.92. The summed E-state index contributed by atoms with van der Waals surface area (Å²) in [6.07, 6.45) is 4.78. The summed E-state index contributed by atoms with van der Waals surface area (Å²) in [5.74, 6) is 2.28. The Kier molecular flexibility index (Phi) is 4.91. The number of anilines is 1. The van der Waals surface area contributed by atoms with E-state index in [2.05, 4.69) is 22.2 Å². The molecule has 3 aromatic heterocycles. The van der Waals surface area contributed by atoms with Gasteiger partial charge in [0.2, 0.25) is 5.91 Å². The van der Waals surface area contributed by atoms with Crippen molar-refractivity contribution in [1.29, 1.82) is 0 Å². The molecule has 0 fully saturated rings. The highest BCUT2D eigenvalue weighted by molar-refractivity contribution is 7.16. The van der Waals surface area contributed by atoms with Crippen LogP contribution in [0.15, 0.2) is 21.9 Å². The lowest BCUT2D eigenvalue weighted by atomic mass is 9.89. The van der Waals surface area contributed by atoms with E-state index in [1.54, 1.807) is 11.3 Å². The van der Waals surface area contributed by atoms with Crippen LogP contribution in [0.25, 0.3) is 10.8 Å². The van der Waals surface area contributed by atoms with Crippen LogP contribution in [-0.4, -0.2) is 15.9 Å². The molecule has 4 rings (SSSR count). The first kappa shape index (κ1) is 17.4. The number of hydrogen-bond donors (Lipinski definition) is 1. The van der Waals surface area contributed by atoms with Gasteiger partial charge in [0.25, 0.3) is 0 Å². The molecule has 5 nitrogen and oxygen atoms in total. The number of carbonyl (C=O) groups is 1. The van der Waals surface area contributed by atoms with E-state index in [1.165, 1.54) is 34.7 Å². The molecule has 0 aromatic carbocycles. The van der Waals surface area contributed by atoms with Gasteiger partial charge in [-0.1, -0.05) is 13.3 Å². The molecule has 7 heteroatoms. The fourth-order valence-electron chi connectivity index (χ4n) is 3.22. The first-order valence-corrected chi connectivity index (χ1v) is 10.6. The number of amides is 1. The van der Waals surface area contributed by atoms with Crippen LogP contribution < -0.4 is 5.32 Å². The number of hydrogen-bond acceptors (Lipinski definition) is 6. The van der Waals surface area contributed by atoms with Gasteiger partial charge in [-0.25, -0.2) is 9.97 Å². The van der Waals surface area contributed by atoms with Gasteiger partial charge in [0, 0.05) is 10.3 Å². The number of rotatable bonds is 5. The van der Waals surface area contributed by atoms with Crippen LogP contribution in [0.4, 0.5) is 5.13 Å². The summed E-state index contributed by atoms with van der Waals surface area (Å²) in [6, 6.07) is 3.82. The Hall–Kier alpha value is -1.99. The Morgan fingerprint density at radius 1 is 1.38 bits per heavy atom. The van der Waals surface area contributed by atoms with Crippen molar-refractivity contribution >= 4 is 33.7 Å². The van der Waals surface area contributed by atoms with E-state index in [0.717, 1.165) is 41.0 Å². The van der Waals surface area contributed by atoms with E-state index in [9.17, 15) is 4.79 Å². The number of aromatic nitrogens is 2. The predicted molar refractivity (Wildman–Crippen MR) is 105 cm³/mol. The average molecular weight is 388 g/mol. The Morgan fingerprint density at radius 3 is 3.04 bits per heavy atom. The van der Waals surface area contributed by atoms with Crippen molar-refractivity contribution in [1.82, 2.24) is 9.97 Å². The molecule has 1 aliphatic carbocycles. The van der Waals surface area contributed by atoms with Crippen molar-refractivity contribution in [2.24, 2.45) is 5.92 Å². The molecule has 0 saturated carbocycles. The van der Waals surface area contributed by atoms with E-state index in [4.69, 9.17) is 4.42 Å². The van der Waals surface area contributed by atoms with E-state index < -0.39 is 0 Å². The summed E-state index contributed by atoms with van der Waals surface area (Å²) in [7, 11) is 0. The third kappa shape index (κ3) is 3.73. The van der Waals surface area contributed by atoms with Crippen molar-refractivity contribution in [3.8, 4) is 10.8 Å². The van der Waals surface area contributed by atoms with Crippen LogP contribution in [0.3, 0.4) is 0 Å². The molecule has 0 saturated heterocycles. The number of furan rings is 1. The van der Waals surface area contributed by atoms with E-state index in [1.807, 2.05) is 24.4 Å². The van der Waals surface area contributed by atoms with Gasteiger partial charge in [0.15, 0.2) is 15.9 Å². The zero-order chi connectivity index (χ0) is 18.1. The molecular weight excluding hydrogens is 366 g/mol. The second-order valence-electron chi connectivity index (χ2n) is 6.69. The summed E-state index contributed by atoms with van der Waals surface area (Å²) in [4.78, 5) is 22.8. The van der Waals surface area contributed by atoms with Gasteiger partial charge in [0.05, 0.1) is 17.8 Å². The maximum absolute atomic E-state index is 12.4. The fraction of sp³-hybridized carbons (Fsp3) is 0.421. The van der Waals surface area contributed by atoms with Gasteiger partial charge in [-0.3, -0.25) is 4.79 Å². The summed E-state index contributed by atoms with van der Waals surface area (Å²) >= 11 is 3.11. The lowest BCUT2D eigenvalue weighted by molar-refractivity contribution is -0.115. The summed E-state index contributed by atoms with van der Waals surface area (Å²) in [5, 5.41) is 6.37. The Bertz CT molecular complexity index is 925. The Labute approximate surface area is 160 Å². The summed E-state index contributed by atoms with van der Waals surface area (Å²) in [6.45, 7) is 4.15. The average Bonchev–Trinajstić information content (AvgIpc) is 3.33. The first-order valence-electron chi connectivity index (χ1n) is 8.90. The topological polar surface area (TPSA) is 68.0 Å². The van der Waals surface area contributed by atoms with Crippen molar-refractivity contribution in [2.75, 3.05) is 5.32 Å². The van der Waals surface area contributed by atoms with Gasteiger partial charge >= 0.3 is 0 Å². The zero-order valence-electron chi connectivity index (χ0n) is 14.9. The van der Waals surface area contributed by atoms with Crippen LogP contribution in [0.5, 0.6) is 0 Å². The monoisotopic (exact) mass is 387 g/mol. The smallest absolute Gasteiger partial charge is 0.232 e. The van der Waals surface area contributed by atoms with Crippen molar-refractivity contribution in [3.63, 3.8) is 0 Å². The van der Waals surface area contributed by atoms with Crippen LogP contribution in [0.2, 0.25) is 0 Å². The number of nitrogens with zero attached hydrogens (tertiary/aromatic N) is 2. The molecule has 3 heterocycles. The van der Waals surface area contributed by atoms with E-state index >= 15 is 0 Å². The highest BCUT2D eigenvalue weighted by Crippen LogP contribution is 2.33. The largest absolute Gasteiger partial charge is 0.459 e. The molecule has 0 bridgehead atoms. The first-order chi connectivity index (χ1) is 12.6. The van der Waals surface area contributed by atoms with Crippen LogP contribution in [-0.2, 0) is 24.1 Å². The van der Waals surface area contributed by atoms with Gasteiger partial charge in [-0.05, 0) is 44.2 Å². The second kappa shape index (κ2) is 7.32. The Balaban J connectivity index is 1.39. The second-order valence-corrected chi connectivity index (χ2v) is 8.63. The number of nitrogens with one attached hydrogen (secondary N) is 1. The lowest BCUT2D eigenvalue weighted by Crippen LogP contribution is -2.14. The van der Waals surface area contributed by atoms with Gasteiger partial charge in [0.1, 0.15) is 5.76 Å². The minimum atomic E-state index is -0.0735. The third-order valence-electron chi connectivity index (χ3n) is 4.71. The molecule has 26 heavy (non-hydrogen) atoms. The minimum Gasteiger partial charge on any atom is -0.459 e. The predicted octanol–water partition coefficient (Wildman–Crippen LogP) is 4.86. The van der Waals surface area contributed by atoms with Crippen molar-refractivity contribution in [2.45, 2.75) is 46.0 Å². The molecule has 1 unspecified atom stereocenters. The molecule has 3 aromatic rings. The standard InChI is InChI=1S/C19H21N3O2S2/c1-3-12-5-6-14-16(8-12)26-19(21-14)22-17(23)9-13-10-25-18(20-13)15-7-4-11(2)24-15/h4,7,10,12H,3,5-6,8-9H2,1-2H3,(H,21,22,23). The molecule has 0 spiro atoms. The van der Waals surface area contributed by atoms with Gasteiger partial charge in [-0.15, -0.1) is 22.7 Å². The van der Waals surface area contributed by atoms with Crippen LogP contribution >= 0.6 is 22.7 Å². The number of thiazole rings is 2. The molecule has 1 amide bonds. The number of carbonyl (C=O) groups excluding carboxylic acids is 1. The number of aryl methyl sites for hydroxylation is 2. The fourth-order valence-corrected chi connectivity index (χ4v) is 5.14. The van der Waals surface area contributed by atoms with E-state index in [0.29, 0.717) is 5.13 Å². The Morgan fingerprint density at radius 2 is 2.27 bits per heavy atom. The van der Waals surface area contributed by atoms with Crippen molar-refractivity contribution < 1.29 is 9.21 Å². The SMILES string of the molecule is CCC1CCc2nc(NC(=O)Cc3csc(-c4ccc(C)o4)n3)sc2C1. The summed E-state index contributed by atoms with van der Waals surface area (Å²) < 4.78 is 5.59. The molecule has 1 aliphatic rings. The molecular formula is C19H21N3O2S2. The highest BCUT2D eigenvalue weighted by Gasteiger charge is 2.22. The van der Waals surface area contributed by atoms with Crippen molar-refractivity contribution in [3.05, 3.63) is 39.5 Å². The highest BCUT2D eigenvalue weighted by atomic mass is 32.1. The van der Waals surface area contributed by atoms with Gasteiger partial charge < -0.3 is 9.73 Å². The van der Waals surface area contributed by atoms with E-state index in [-0.39, 0.29) is 12.3 Å². The molecule has 0 aliphatic heterocycles. The quantitative estimate of drug-likeness (QED) is 0.678. The third-order valence-corrected chi connectivity index (χ3v) is 6.65. The molecule has 1 N–H and O–H groups in total.